The molecular weight excluding hydrogens is 525 g/mol. The summed E-state index contributed by atoms with van der Waals surface area (Å²) >= 11 is 0. The number of nitrogens with zero attached hydrogens (tertiary/aromatic N) is 2. The van der Waals surface area contributed by atoms with Gasteiger partial charge in [0, 0.05) is 29.9 Å². The first-order chi connectivity index (χ1) is 17.7. The third-order valence-corrected chi connectivity index (χ3v) is 7.64. The molecule has 2 aromatic rings. The van der Waals surface area contributed by atoms with Crippen LogP contribution in [-0.2, 0) is 26.6 Å². The molecule has 0 aliphatic carbocycles. The van der Waals surface area contributed by atoms with Crippen molar-refractivity contribution in [3.63, 3.8) is 0 Å². The molecule has 0 atom stereocenters. The lowest BCUT2D eigenvalue weighted by Gasteiger charge is -2.33. The van der Waals surface area contributed by atoms with E-state index in [4.69, 9.17) is 0 Å². The fraction of sp³-hybridized carbons (Fsp3) is 0.400. The van der Waals surface area contributed by atoms with E-state index in [1.54, 1.807) is 17.6 Å². The topological polar surface area (TPSA) is 116 Å². The number of carbonyl (C=O) groups is 3. The summed E-state index contributed by atoms with van der Waals surface area (Å²) in [6.07, 6.45) is -3.34. The van der Waals surface area contributed by atoms with E-state index in [2.05, 4.69) is 0 Å². The van der Waals surface area contributed by atoms with Crippen LogP contribution in [0.5, 0.6) is 0 Å². The van der Waals surface area contributed by atoms with Gasteiger partial charge < -0.3 is 4.90 Å². The quantitative estimate of drug-likeness (QED) is 0.552. The van der Waals surface area contributed by atoms with Crippen molar-refractivity contribution < 1.29 is 36.0 Å². The highest BCUT2D eigenvalue weighted by Crippen LogP contribution is 2.27. The van der Waals surface area contributed by atoms with Crippen LogP contribution in [0.25, 0.3) is 0 Å². The lowest BCUT2D eigenvalue weighted by molar-refractivity contribution is -0.132. The number of anilines is 1. The zero-order chi connectivity index (χ0) is 28.3. The molecular formula is C25H29F3N4O5S. The summed E-state index contributed by atoms with van der Waals surface area (Å²) in [5.41, 5.74) is 4.44. The maximum atomic E-state index is 15.0. The van der Waals surface area contributed by atoms with Gasteiger partial charge in [0.15, 0.2) is 9.84 Å². The Morgan fingerprint density at radius 3 is 2.13 bits per heavy atom. The van der Waals surface area contributed by atoms with Crippen molar-refractivity contribution in [2.75, 3.05) is 29.5 Å². The van der Waals surface area contributed by atoms with Crippen LogP contribution in [0, 0.1) is 5.82 Å². The average molecular weight is 555 g/mol. The lowest BCUT2D eigenvalue weighted by Crippen LogP contribution is -2.49. The van der Waals surface area contributed by atoms with E-state index in [1.807, 2.05) is 32.9 Å². The van der Waals surface area contributed by atoms with Gasteiger partial charge in [0.1, 0.15) is 5.82 Å². The predicted octanol–water partition coefficient (Wildman–Crippen LogP) is 3.01. The van der Waals surface area contributed by atoms with Gasteiger partial charge in [-0.15, -0.1) is 0 Å². The Hall–Kier alpha value is -3.61. The monoisotopic (exact) mass is 554 g/mol. The molecule has 9 nitrogen and oxygen atoms in total. The van der Waals surface area contributed by atoms with Crippen molar-refractivity contribution in [2.24, 2.45) is 0 Å². The number of benzene rings is 2. The smallest absolute Gasteiger partial charge is 0.322 e. The molecule has 2 aromatic carbocycles. The van der Waals surface area contributed by atoms with Crippen LogP contribution >= 0.6 is 0 Å². The molecule has 1 fully saturated rings. The summed E-state index contributed by atoms with van der Waals surface area (Å²) < 4.78 is 63.3. The van der Waals surface area contributed by atoms with Crippen molar-refractivity contribution in [2.45, 2.75) is 39.2 Å². The Morgan fingerprint density at radius 1 is 1.00 bits per heavy atom. The molecule has 0 spiro atoms. The van der Waals surface area contributed by atoms with E-state index in [0.29, 0.717) is 5.69 Å². The molecule has 0 unspecified atom stereocenters. The largest absolute Gasteiger partial charge is 0.324 e. The van der Waals surface area contributed by atoms with Crippen LogP contribution in [0.2, 0.25) is 0 Å². The van der Waals surface area contributed by atoms with Gasteiger partial charge in [-0.25, -0.2) is 17.6 Å². The van der Waals surface area contributed by atoms with Crippen molar-refractivity contribution in [1.29, 1.82) is 0 Å². The Morgan fingerprint density at radius 2 is 1.61 bits per heavy atom. The third-order valence-electron chi connectivity index (χ3n) is 6.03. The van der Waals surface area contributed by atoms with E-state index in [0.717, 1.165) is 11.6 Å². The molecule has 13 heteroatoms. The number of amides is 4. The van der Waals surface area contributed by atoms with Crippen LogP contribution in [0.1, 0.15) is 42.3 Å². The van der Waals surface area contributed by atoms with Gasteiger partial charge >= 0.3 is 18.4 Å². The number of sulfone groups is 1. The zero-order valence-electron chi connectivity index (χ0n) is 21.1. The van der Waals surface area contributed by atoms with Gasteiger partial charge in [0.05, 0.1) is 18.1 Å². The maximum absolute atomic E-state index is 15.0. The van der Waals surface area contributed by atoms with E-state index >= 15 is 4.39 Å². The normalized spacial score (nSPS) is 15.2. The average Bonchev–Trinajstić information content (AvgIpc) is 2.85. The van der Waals surface area contributed by atoms with Gasteiger partial charge in [-0.2, -0.15) is 8.78 Å². The van der Waals surface area contributed by atoms with Crippen molar-refractivity contribution in [1.82, 2.24) is 15.8 Å². The van der Waals surface area contributed by atoms with E-state index in [1.165, 1.54) is 27.4 Å². The number of halogens is 3. The predicted molar refractivity (Wildman–Crippen MR) is 135 cm³/mol. The first-order valence-electron chi connectivity index (χ1n) is 11.7. The lowest BCUT2D eigenvalue weighted by atomic mass is 9.87. The molecule has 1 aliphatic heterocycles. The number of hydrazine groups is 1. The minimum Gasteiger partial charge on any atom is -0.322 e. The first-order valence-corrected chi connectivity index (χ1v) is 13.5. The number of urea groups is 1. The van der Waals surface area contributed by atoms with Crippen molar-refractivity contribution >= 4 is 33.4 Å². The zero-order valence-corrected chi connectivity index (χ0v) is 21.9. The van der Waals surface area contributed by atoms with Crippen LogP contribution < -0.4 is 15.8 Å². The highest BCUT2D eigenvalue weighted by Gasteiger charge is 2.30. The summed E-state index contributed by atoms with van der Waals surface area (Å²) in [5, 5.41) is 0. The van der Waals surface area contributed by atoms with Gasteiger partial charge in [0.25, 0.3) is 5.91 Å². The van der Waals surface area contributed by atoms with Crippen LogP contribution in [0.4, 0.5) is 23.7 Å². The summed E-state index contributed by atoms with van der Waals surface area (Å²) in [5.74, 6) is -3.91. The van der Waals surface area contributed by atoms with E-state index in [9.17, 15) is 31.6 Å². The Bertz CT molecular complexity index is 1300. The van der Waals surface area contributed by atoms with Crippen LogP contribution in [-0.4, -0.2) is 62.2 Å². The molecule has 38 heavy (non-hydrogen) atoms. The van der Waals surface area contributed by atoms with Gasteiger partial charge in [-0.05, 0) is 35.2 Å². The molecule has 3 rings (SSSR count). The minimum atomic E-state index is -3.34. The second-order valence-electron chi connectivity index (χ2n) is 9.85. The third kappa shape index (κ3) is 7.24. The highest BCUT2D eigenvalue weighted by molar-refractivity contribution is 7.91. The molecule has 0 radical (unpaired) electrons. The van der Waals surface area contributed by atoms with Gasteiger partial charge in [-0.3, -0.25) is 25.3 Å². The fourth-order valence-corrected chi connectivity index (χ4v) is 4.92. The maximum Gasteiger partial charge on any atom is 0.324 e. The molecule has 2 N–H and O–H groups in total. The van der Waals surface area contributed by atoms with Gasteiger partial charge in [0.2, 0.25) is 0 Å². The molecule has 206 valence electrons. The Balaban J connectivity index is 1.85. The Labute approximate surface area is 218 Å². The van der Waals surface area contributed by atoms with Crippen molar-refractivity contribution in [3.8, 4) is 0 Å². The molecule has 0 aromatic heterocycles. The summed E-state index contributed by atoms with van der Waals surface area (Å²) in [6, 6.07) is 10.0. The van der Waals surface area contributed by atoms with Crippen LogP contribution in [0.3, 0.4) is 0 Å². The number of carbonyl (C=O) groups excluding carboxylic acids is 3. The number of nitrogens with one attached hydrogen (secondary N) is 2. The second-order valence-corrected chi connectivity index (χ2v) is 12.2. The summed E-state index contributed by atoms with van der Waals surface area (Å²) in [7, 11) is -3.23. The summed E-state index contributed by atoms with van der Waals surface area (Å²) in [4.78, 5) is 39.2. The number of hydrogen-bond acceptors (Lipinski definition) is 5. The second kappa shape index (κ2) is 11.4. The number of alkyl halides is 2. The molecule has 1 saturated heterocycles. The Kier molecular flexibility index (Phi) is 8.70. The first kappa shape index (κ1) is 29.0. The standard InChI is InChI=1S/C25H29F3N4O5S/c1-25(2,3)18-6-8-19(9-7-18)32(24(35)31-10-12-38(36,37)13-11-31)15-17-5-4-16(14-20(17)26)22(33)29-30-23(34)21(27)28/h4-9,14,21H,10-13,15H2,1-3H3,(H,29,33)(H,30,34). The minimum absolute atomic E-state index is 0.00364. The molecule has 0 saturated carbocycles. The molecule has 1 aliphatic rings. The molecule has 0 bridgehead atoms. The fourth-order valence-electron chi connectivity index (χ4n) is 3.72. The van der Waals surface area contributed by atoms with E-state index < -0.39 is 39.9 Å². The van der Waals surface area contributed by atoms with E-state index in [-0.39, 0.29) is 47.7 Å². The highest BCUT2D eigenvalue weighted by atomic mass is 32.2. The summed E-state index contributed by atoms with van der Waals surface area (Å²) in [6.45, 7) is 5.88. The van der Waals surface area contributed by atoms with Crippen molar-refractivity contribution in [3.05, 3.63) is 65.0 Å². The van der Waals surface area contributed by atoms with Crippen LogP contribution in [0.15, 0.2) is 42.5 Å². The van der Waals surface area contributed by atoms with Gasteiger partial charge in [-0.1, -0.05) is 39.0 Å². The number of rotatable bonds is 5. The molecule has 4 amide bonds. The number of hydrogen-bond donors (Lipinski definition) is 2. The molecule has 1 heterocycles. The SMILES string of the molecule is CC(C)(C)c1ccc(N(Cc2ccc(C(=O)NNC(=O)C(F)F)cc2F)C(=O)N2CCS(=O)(=O)CC2)cc1.